The van der Waals surface area contributed by atoms with Crippen molar-refractivity contribution in [2.24, 2.45) is 4.99 Å². The first kappa shape index (κ1) is 24.1. The van der Waals surface area contributed by atoms with Gasteiger partial charge in [0.2, 0.25) is 0 Å². The van der Waals surface area contributed by atoms with Crippen LogP contribution in [0.1, 0.15) is 27.7 Å². The molecule has 0 atom stereocenters. The van der Waals surface area contributed by atoms with Crippen LogP contribution < -0.4 is 0 Å². The summed E-state index contributed by atoms with van der Waals surface area (Å²) in [6.45, 7) is 8.07. The van der Waals surface area contributed by atoms with E-state index in [0.717, 1.165) is 5.57 Å². The van der Waals surface area contributed by atoms with Gasteiger partial charge in [0.25, 0.3) is 0 Å². The van der Waals surface area contributed by atoms with Gasteiger partial charge in [-0.1, -0.05) is 33.4 Å². The molecule has 1 aliphatic heterocycles. The van der Waals surface area contributed by atoms with Crippen molar-refractivity contribution in [2.45, 2.75) is 27.7 Å². The summed E-state index contributed by atoms with van der Waals surface area (Å²) in [5.74, 6) is 0.00634. The van der Waals surface area contributed by atoms with Crippen LogP contribution in [0.3, 0.4) is 0 Å². The maximum atomic E-state index is 10.6. The number of carbonyl (C=O) groups excluding carboxylic acids is 1. The molecule has 2 rings (SSSR count). The molecule has 1 aliphatic rings. The van der Waals surface area contributed by atoms with Crippen molar-refractivity contribution >= 4 is 11.5 Å². The first-order valence-corrected chi connectivity index (χ1v) is 5.76. The largest absolute Gasteiger partial charge is 0.405 e. The fourth-order valence-corrected chi connectivity index (χ4v) is 1.02. The van der Waals surface area contributed by atoms with Gasteiger partial charge in [-0.25, -0.2) is 6.08 Å². The van der Waals surface area contributed by atoms with Crippen LogP contribution >= 0.6 is 0 Å². The molecular weight excluding hydrogens is 483 g/mol. The summed E-state index contributed by atoms with van der Waals surface area (Å²) in [4.78, 5) is 14.5. The normalized spacial score (nSPS) is 10.9. The van der Waals surface area contributed by atoms with E-state index in [0.29, 0.717) is 12.3 Å². The van der Waals surface area contributed by atoms with E-state index in [4.69, 9.17) is 0 Å². The summed E-state index contributed by atoms with van der Waals surface area (Å²) in [6.07, 6.45) is 2.87. The summed E-state index contributed by atoms with van der Waals surface area (Å²) >= 11 is 0. The Morgan fingerprint density at radius 3 is 1.89 bits per heavy atom. The van der Waals surface area contributed by atoms with Crippen LogP contribution in [-0.2, 0) is 58.6 Å². The van der Waals surface area contributed by atoms with Crippen LogP contribution in [-0.4, -0.2) is 18.0 Å². The quantitative estimate of drug-likeness (QED) is 0.543. The fourth-order valence-electron chi connectivity index (χ4n) is 1.02. The molecule has 0 fully saturated rings. The third kappa shape index (κ3) is 12.9. The third-order valence-corrected chi connectivity index (χ3v) is 1.75. The number of aliphatic imine (C=N–C) groups is 1. The monoisotopic (exact) mass is 502 g/mol. The van der Waals surface area contributed by atoms with Crippen molar-refractivity contribution < 1.29 is 58.6 Å². The van der Waals surface area contributed by atoms with Gasteiger partial charge < -0.3 is 9.79 Å². The predicted octanol–water partition coefficient (Wildman–Crippen LogP) is 3.29. The van der Waals surface area contributed by atoms with Crippen molar-refractivity contribution in [2.75, 3.05) is 6.54 Å². The number of allylic oxidation sites excluding steroid dienone is 1. The molecule has 1 heterocycles. The van der Waals surface area contributed by atoms with Gasteiger partial charge in [-0.3, -0.25) is 0 Å². The molecule has 1 radical (unpaired) electrons. The maximum Gasteiger partial charge on any atom is 0.0402 e. The minimum absolute atomic E-state index is 0. The second-order valence-electron chi connectivity index (χ2n) is 3.20. The van der Waals surface area contributed by atoms with Crippen LogP contribution in [0.2, 0.25) is 0 Å². The molecule has 4 heteroatoms. The molecule has 19 heavy (non-hydrogen) atoms. The second kappa shape index (κ2) is 16.1. The zero-order valence-corrected chi connectivity index (χ0v) is 17.7. The molecule has 1 aromatic rings. The van der Waals surface area contributed by atoms with E-state index in [9.17, 15) is 4.79 Å². The van der Waals surface area contributed by atoms with E-state index < -0.39 is 0 Å². The van der Waals surface area contributed by atoms with Crippen LogP contribution in [0.4, 0.5) is 0 Å². The van der Waals surface area contributed by atoms with Crippen LogP contribution in [0, 0.1) is 12.1 Å². The van der Waals surface area contributed by atoms with Gasteiger partial charge in [0, 0.05) is 66.1 Å². The molecule has 0 aliphatic carbocycles. The second-order valence-corrected chi connectivity index (χ2v) is 3.20. The molecule has 0 saturated heterocycles. The van der Waals surface area contributed by atoms with E-state index in [1.807, 2.05) is 51.1 Å². The summed E-state index contributed by atoms with van der Waals surface area (Å²) < 4.78 is 0. The molecule has 2 nitrogen and oxygen atoms in total. The van der Waals surface area contributed by atoms with Gasteiger partial charge >= 0.3 is 0 Å². The Hall–Kier alpha value is 0.0922. The molecule has 0 amide bonds. The number of hydrogen-bond donors (Lipinski definition) is 0. The van der Waals surface area contributed by atoms with Crippen LogP contribution in [0.5, 0.6) is 0 Å². The number of benzene rings is 1. The average molecular weight is 502 g/mol. The van der Waals surface area contributed by atoms with E-state index in [1.165, 1.54) is 6.92 Å². The summed E-state index contributed by atoms with van der Waals surface area (Å²) in [7, 11) is 0. The standard InChI is InChI=1S/C7H8NO.C6H5.C2H6.W.Y/c1-5-3-7(6(2)9)8-4-5;1-2-4-6-5-3-1;1-2;;/h4H2,1-2H3;1-5H;1-2H3;;/q2*-1;;;. The summed E-state index contributed by atoms with van der Waals surface area (Å²) in [5.41, 5.74) is 1.53. The molecule has 0 bridgehead atoms. The van der Waals surface area contributed by atoms with Gasteiger partial charge in [-0.2, -0.15) is 36.4 Å². The molecule has 0 N–H and O–H groups in total. The molecular formula is C15H19NOWY-2. The Labute approximate surface area is 156 Å². The Morgan fingerprint density at radius 1 is 1.21 bits per heavy atom. The predicted molar refractivity (Wildman–Crippen MR) is 72.0 cm³/mol. The number of Topliss-reactive ketones (excluding diaryl/α,β-unsaturated/α-hetero) is 1. The van der Waals surface area contributed by atoms with Gasteiger partial charge in [-0.05, 0) is 0 Å². The van der Waals surface area contributed by atoms with Crippen molar-refractivity contribution in [1.29, 1.82) is 0 Å². The van der Waals surface area contributed by atoms with E-state index in [-0.39, 0.29) is 59.6 Å². The van der Waals surface area contributed by atoms with Crippen molar-refractivity contribution in [3.63, 3.8) is 0 Å². The molecule has 0 saturated carbocycles. The first-order valence-electron chi connectivity index (χ1n) is 5.76. The van der Waals surface area contributed by atoms with Crippen molar-refractivity contribution in [3.05, 3.63) is 48.0 Å². The molecule has 101 valence electrons. The smallest absolute Gasteiger partial charge is 0.0402 e. The van der Waals surface area contributed by atoms with Crippen molar-refractivity contribution in [3.8, 4) is 0 Å². The van der Waals surface area contributed by atoms with Crippen LogP contribution in [0.25, 0.3) is 0 Å². The van der Waals surface area contributed by atoms with Gasteiger partial charge in [-0.15, -0.1) is 5.57 Å². The number of hydrogen-bond acceptors (Lipinski definition) is 2. The maximum absolute atomic E-state index is 10.6. The Morgan fingerprint density at radius 2 is 1.74 bits per heavy atom. The summed E-state index contributed by atoms with van der Waals surface area (Å²) in [5, 5.41) is 0. The number of rotatable bonds is 1. The number of carbonyl (C=O) groups is 1. The summed E-state index contributed by atoms with van der Waals surface area (Å²) in [6, 6.07) is 12.5. The Bertz CT molecular complexity index is 362. The van der Waals surface area contributed by atoms with Gasteiger partial charge in [0.1, 0.15) is 0 Å². The fraction of sp³-hybridized carbons (Fsp3) is 0.333. The average Bonchev–Trinajstić information content (AvgIpc) is 2.82. The zero-order valence-electron chi connectivity index (χ0n) is 11.9. The number of nitrogens with zero attached hydrogens (tertiary/aromatic N) is 1. The van der Waals surface area contributed by atoms with E-state index in [2.05, 4.69) is 17.1 Å². The van der Waals surface area contributed by atoms with Gasteiger partial charge in [0.15, 0.2) is 0 Å². The number of ketones is 1. The van der Waals surface area contributed by atoms with Crippen molar-refractivity contribution in [1.82, 2.24) is 0 Å². The third-order valence-electron chi connectivity index (χ3n) is 1.75. The minimum Gasteiger partial charge on any atom is -0.405 e. The van der Waals surface area contributed by atoms with E-state index in [1.54, 1.807) is 0 Å². The SMILES string of the molecule is CC.CC(=O)C1=NCC(C)=[C-]1.[W].[Y].[c-]1ccccc1. The Balaban J connectivity index is -0.000000227. The zero-order chi connectivity index (χ0) is 13.1. The first-order chi connectivity index (χ1) is 8.20. The molecule has 1 aromatic carbocycles. The van der Waals surface area contributed by atoms with Gasteiger partial charge in [0.05, 0.1) is 0 Å². The minimum atomic E-state index is 0. The van der Waals surface area contributed by atoms with E-state index >= 15 is 0 Å². The molecule has 0 aromatic heterocycles. The Kier molecular flexibility index (Phi) is 20.5. The molecule has 0 spiro atoms. The topological polar surface area (TPSA) is 29.4 Å². The van der Waals surface area contributed by atoms with Crippen LogP contribution in [0.15, 0.2) is 40.9 Å². The molecule has 0 unspecified atom stereocenters.